The lowest BCUT2D eigenvalue weighted by atomic mass is 10.00. The molecule has 1 heterocycles. The monoisotopic (exact) mass is 266 g/mol. The van der Waals surface area contributed by atoms with Crippen molar-refractivity contribution in [3.63, 3.8) is 0 Å². The second-order valence-electron chi connectivity index (χ2n) is 4.79. The lowest BCUT2D eigenvalue weighted by Crippen LogP contribution is -2.01. The zero-order valence-electron chi connectivity index (χ0n) is 11.0. The van der Waals surface area contributed by atoms with Crippen LogP contribution in [0.2, 0.25) is 0 Å². The molecule has 3 rings (SSSR count). The van der Waals surface area contributed by atoms with Crippen LogP contribution in [0, 0.1) is 5.82 Å². The predicted octanol–water partition coefficient (Wildman–Crippen LogP) is 3.42. The Morgan fingerprint density at radius 2 is 1.85 bits per heavy atom. The summed E-state index contributed by atoms with van der Waals surface area (Å²) in [6.07, 6.45) is 2.48. The number of pyridine rings is 1. The third-order valence-corrected chi connectivity index (χ3v) is 3.47. The van der Waals surface area contributed by atoms with Crippen LogP contribution in [0.15, 0.2) is 54.7 Å². The van der Waals surface area contributed by atoms with Crippen LogP contribution in [0.3, 0.4) is 0 Å². The van der Waals surface area contributed by atoms with E-state index in [1.54, 1.807) is 18.3 Å². The second-order valence-corrected chi connectivity index (χ2v) is 4.79. The zero-order valence-corrected chi connectivity index (χ0v) is 11.0. The van der Waals surface area contributed by atoms with E-state index in [-0.39, 0.29) is 12.4 Å². The summed E-state index contributed by atoms with van der Waals surface area (Å²) in [5.74, 6) is -0.233. The number of rotatable bonds is 3. The molecule has 0 amide bonds. The molecule has 20 heavy (non-hydrogen) atoms. The predicted molar refractivity (Wildman–Crippen MR) is 78.8 cm³/mol. The van der Waals surface area contributed by atoms with Crippen molar-refractivity contribution < 1.29 is 4.39 Å². The van der Waals surface area contributed by atoms with Gasteiger partial charge in [0.25, 0.3) is 0 Å². The molecule has 3 aromatic rings. The summed E-state index contributed by atoms with van der Waals surface area (Å²) in [4.78, 5) is 4.34. The van der Waals surface area contributed by atoms with E-state index < -0.39 is 0 Å². The van der Waals surface area contributed by atoms with Gasteiger partial charge in [-0.1, -0.05) is 30.3 Å². The van der Waals surface area contributed by atoms with Gasteiger partial charge >= 0.3 is 0 Å². The first-order valence-corrected chi connectivity index (χ1v) is 6.58. The first-order chi connectivity index (χ1) is 9.78. The minimum Gasteiger partial charge on any atom is -0.326 e. The number of para-hydroxylation sites is 1. The van der Waals surface area contributed by atoms with E-state index in [9.17, 15) is 4.39 Å². The summed E-state index contributed by atoms with van der Waals surface area (Å²) >= 11 is 0. The van der Waals surface area contributed by atoms with Crippen LogP contribution in [0.4, 0.5) is 4.39 Å². The highest BCUT2D eigenvalue weighted by Crippen LogP contribution is 2.20. The average molecular weight is 266 g/mol. The molecule has 0 atom stereocenters. The molecule has 0 fully saturated rings. The second kappa shape index (κ2) is 5.39. The van der Waals surface area contributed by atoms with Crippen LogP contribution in [-0.4, -0.2) is 4.98 Å². The number of nitrogens with two attached hydrogens (primary N) is 1. The van der Waals surface area contributed by atoms with Crippen molar-refractivity contribution in [2.75, 3.05) is 0 Å². The van der Waals surface area contributed by atoms with Crippen molar-refractivity contribution in [3.8, 4) is 0 Å². The largest absolute Gasteiger partial charge is 0.326 e. The lowest BCUT2D eigenvalue weighted by Gasteiger charge is -2.07. The van der Waals surface area contributed by atoms with Crippen LogP contribution in [0.25, 0.3) is 10.9 Å². The van der Waals surface area contributed by atoms with Crippen LogP contribution >= 0.6 is 0 Å². The van der Waals surface area contributed by atoms with E-state index in [0.29, 0.717) is 12.0 Å². The van der Waals surface area contributed by atoms with Crippen LogP contribution < -0.4 is 5.73 Å². The van der Waals surface area contributed by atoms with Gasteiger partial charge in [0, 0.05) is 23.7 Å². The molecular formula is C17H15FN2. The van der Waals surface area contributed by atoms with Crippen molar-refractivity contribution in [3.05, 3.63) is 77.2 Å². The lowest BCUT2D eigenvalue weighted by molar-refractivity contribution is 0.609. The maximum Gasteiger partial charge on any atom is 0.127 e. The molecule has 0 aliphatic rings. The molecule has 0 unspecified atom stereocenters. The Morgan fingerprint density at radius 1 is 1.00 bits per heavy atom. The molecule has 0 radical (unpaired) electrons. The van der Waals surface area contributed by atoms with E-state index in [1.165, 1.54) is 0 Å². The number of aromatic nitrogens is 1. The summed E-state index contributed by atoms with van der Waals surface area (Å²) in [6.45, 7) is 0.226. The molecule has 2 N–H and O–H groups in total. The van der Waals surface area contributed by atoms with E-state index in [4.69, 9.17) is 5.73 Å². The van der Waals surface area contributed by atoms with Crippen LogP contribution in [0.5, 0.6) is 0 Å². The van der Waals surface area contributed by atoms with Gasteiger partial charge in [-0.15, -0.1) is 0 Å². The van der Waals surface area contributed by atoms with E-state index >= 15 is 0 Å². The van der Waals surface area contributed by atoms with Gasteiger partial charge in [0.15, 0.2) is 0 Å². The van der Waals surface area contributed by atoms with Gasteiger partial charge < -0.3 is 5.73 Å². The Kier molecular flexibility index (Phi) is 3.44. The first kappa shape index (κ1) is 12.8. The van der Waals surface area contributed by atoms with Crippen LogP contribution in [0.1, 0.15) is 16.7 Å². The third kappa shape index (κ3) is 2.40. The number of benzene rings is 2. The third-order valence-electron chi connectivity index (χ3n) is 3.47. The van der Waals surface area contributed by atoms with Crippen molar-refractivity contribution >= 4 is 10.9 Å². The molecule has 0 aliphatic carbocycles. The van der Waals surface area contributed by atoms with Gasteiger partial charge in [-0.2, -0.15) is 0 Å². The Morgan fingerprint density at radius 3 is 2.65 bits per heavy atom. The minimum atomic E-state index is -0.233. The van der Waals surface area contributed by atoms with Gasteiger partial charge in [0.05, 0.1) is 5.52 Å². The van der Waals surface area contributed by atoms with Gasteiger partial charge in [-0.3, -0.25) is 4.98 Å². The smallest absolute Gasteiger partial charge is 0.127 e. The molecule has 0 spiro atoms. The fraction of sp³-hybridized carbons (Fsp3) is 0.118. The van der Waals surface area contributed by atoms with Crippen molar-refractivity contribution in [1.29, 1.82) is 0 Å². The van der Waals surface area contributed by atoms with Gasteiger partial charge in [0.2, 0.25) is 0 Å². The van der Waals surface area contributed by atoms with Gasteiger partial charge in [0.1, 0.15) is 5.82 Å². The van der Waals surface area contributed by atoms with E-state index in [1.807, 2.05) is 36.4 Å². The molecule has 100 valence electrons. The summed E-state index contributed by atoms with van der Waals surface area (Å²) < 4.78 is 13.8. The highest BCUT2D eigenvalue weighted by atomic mass is 19.1. The fourth-order valence-electron chi connectivity index (χ4n) is 2.40. The highest BCUT2D eigenvalue weighted by Gasteiger charge is 2.05. The molecule has 0 saturated heterocycles. The number of fused-ring (bicyclic) bond motifs is 1. The Labute approximate surface area is 117 Å². The topological polar surface area (TPSA) is 38.9 Å². The number of hydrogen-bond acceptors (Lipinski definition) is 2. The van der Waals surface area contributed by atoms with Crippen molar-refractivity contribution in [2.45, 2.75) is 13.0 Å². The molecule has 0 saturated carbocycles. The number of hydrogen-bond donors (Lipinski definition) is 1. The van der Waals surface area contributed by atoms with Gasteiger partial charge in [-0.25, -0.2) is 4.39 Å². The number of nitrogens with zero attached hydrogens (tertiary/aromatic N) is 1. The Balaban J connectivity index is 1.99. The molecule has 3 heteroatoms. The number of halogens is 1. The van der Waals surface area contributed by atoms with Gasteiger partial charge in [-0.05, 0) is 35.7 Å². The summed E-state index contributed by atoms with van der Waals surface area (Å²) in [5, 5.41) is 1.11. The zero-order chi connectivity index (χ0) is 13.9. The summed E-state index contributed by atoms with van der Waals surface area (Å²) in [5.41, 5.74) is 9.08. The van der Waals surface area contributed by atoms with Crippen molar-refractivity contribution in [2.24, 2.45) is 5.73 Å². The Bertz CT molecular complexity index is 748. The first-order valence-electron chi connectivity index (χ1n) is 6.58. The average Bonchev–Trinajstić information content (AvgIpc) is 2.48. The molecule has 1 aromatic heterocycles. The molecular weight excluding hydrogens is 251 g/mol. The molecule has 2 aromatic carbocycles. The standard InChI is InChI=1S/C17H15FN2/c18-16-10-12(5-6-14(16)11-19)9-13-7-8-20-17-4-2-1-3-15(13)17/h1-8,10H,9,11,19H2. The maximum absolute atomic E-state index is 13.8. The fourth-order valence-corrected chi connectivity index (χ4v) is 2.40. The molecule has 2 nitrogen and oxygen atoms in total. The Hall–Kier alpha value is -2.26. The highest BCUT2D eigenvalue weighted by molar-refractivity contribution is 5.82. The van der Waals surface area contributed by atoms with Crippen molar-refractivity contribution in [1.82, 2.24) is 4.98 Å². The molecule has 0 bridgehead atoms. The quantitative estimate of drug-likeness (QED) is 0.789. The summed E-state index contributed by atoms with van der Waals surface area (Å²) in [6, 6.07) is 15.2. The van der Waals surface area contributed by atoms with E-state index in [0.717, 1.165) is 22.0 Å². The normalized spacial score (nSPS) is 10.9. The van der Waals surface area contributed by atoms with E-state index in [2.05, 4.69) is 4.98 Å². The summed E-state index contributed by atoms with van der Waals surface area (Å²) in [7, 11) is 0. The minimum absolute atomic E-state index is 0.226. The van der Waals surface area contributed by atoms with Crippen LogP contribution in [-0.2, 0) is 13.0 Å². The molecule has 0 aliphatic heterocycles. The maximum atomic E-state index is 13.8. The SMILES string of the molecule is NCc1ccc(Cc2ccnc3ccccc23)cc1F.